The van der Waals surface area contributed by atoms with Gasteiger partial charge in [-0.1, -0.05) is 12.1 Å². The molecule has 6 heteroatoms. The highest BCUT2D eigenvalue weighted by Crippen LogP contribution is 2.19. The Morgan fingerprint density at radius 1 is 1.28 bits per heavy atom. The van der Waals surface area contributed by atoms with Gasteiger partial charge in [-0.25, -0.2) is 14.2 Å². The van der Waals surface area contributed by atoms with E-state index in [0.29, 0.717) is 24.4 Å². The minimum atomic E-state index is -0.428. The number of carbonyl (C=O) groups excluding carboxylic acids is 1. The number of nitrogens with zero attached hydrogens (tertiary/aromatic N) is 1. The molecule has 0 aliphatic carbocycles. The van der Waals surface area contributed by atoms with E-state index in [1.54, 1.807) is 37.0 Å². The van der Waals surface area contributed by atoms with Crippen molar-refractivity contribution in [2.24, 2.45) is 0 Å². The van der Waals surface area contributed by atoms with E-state index in [1.807, 2.05) is 6.07 Å². The van der Waals surface area contributed by atoms with E-state index in [-0.39, 0.29) is 5.82 Å². The zero-order valence-electron chi connectivity index (χ0n) is 14.5. The molecule has 2 aromatic rings. The molecule has 1 heterocycles. The maximum absolute atomic E-state index is 13.0. The molecular formula is C19H23FN2O2S. The summed E-state index contributed by atoms with van der Waals surface area (Å²) in [6, 6.07) is 8.30. The molecule has 0 spiro atoms. The van der Waals surface area contributed by atoms with Gasteiger partial charge in [0.1, 0.15) is 5.82 Å². The highest BCUT2D eigenvalue weighted by Gasteiger charge is 2.15. The molecule has 134 valence electrons. The van der Waals surface area contributed by atoms with E-state index in [0.717, 1.165) is 29.8 Å². The van der Waals surface area contributed by atoms with Gasteiger partial charge in [0.25, 0.3) is 0 Å². The summed E-state index contributed by atoms with van der Waals surface area (Å²) in [5, 5.41) is 3.29. The molecule has 1 aromatic carbocycles. The Hall–Kier alpha value is -2.08. The number of esters is 1. The molecule has 0 atom stereocenters. The summed E-state index contributed by atoms with van der Waals surface area (Å²) in [6.45, 7) is 2.84. The number of benzene rings is 1. The largest absolute Gasteiger partial charge is 0.461 e. The van der Waals surface area contributed by atoms with Crippen LogP contribution in [0.15, 0.2) is 36.5 Å². The minimum absolute atomic E-state index is 0.254. The molecule has 0 radical (unpaired) electrons. The second-order valence-electron chi connectivity index (χ2n) is 5.54. The molecule has 2 rings (SSSR count). The van der Waals surface area contributed by atoms with Gasteiger partial charge in [0.15, 0.2) is 5.69 Å². The molecular weight excluding hydrogens is 339 g/mol. The molecule has 0 aliphatic heterocycles. The van der Waals surface area contributed by atoms with Gasteiger partial charge in [-0.05, 0) is 61.1 Å². The molecule has 0 saturated heterocycles. The smallest absolute Gasteiger partial charge is 0.359 e. The fraction of sp³-hybridized carbons (Fsp3) is 0.368. The molecule has 1 N–H and O–H groups in total. The Bertz CT molecular complexity index is 692. The number of hydrogen-bond donors (Lipinski definition) is 1. The van der Waals surface area contributed by atoms with Crippen LogP contribution in [0.4, 0.5) is 10.1 Å². The van der Waals surface area contributed by atoms with Crippen molar-refractivity contribution in [1.82, 2.24) is 4.98 Å². The predicted octanol–water partition coefficient (Wildman–Crippen LogP) is 4.15. The van der Waals surface area contributed by atoms with Crippen LogP contribution in [0.2, 0.25) is 0 Å². The van der Waals surface area contributed by atoms with Gasteiger partial charge >= 0.3 is 5.97 Å². The lowest BCUT2D eigenvalue weighted by Gasteiger charge is -2.12. The molecule has 0 amide bonds. The van der Waals surface area contributed by atoms with E-state index in [9.17, 15) is 9.18 Å². The molecule has 1 aromatic heterocycles. The highest BCUT2D eigenvalue weighted by atomic mass is 32.2. The van der Waals surface area contributed by atoms with Crippen molar-refractivity contribution in [1.29, 1.82) is 0 Å². The van der Waals surface area contributed by atoms with Crippen molar-refractivity contribution in [3.05, 3.63) is 59.2 Å². The summed E-state index contributed by atoms with van der Waals surface area (Å²) < 4.78 is 18.1. The summed E-state index contributed by atoms with van der Waals surface area (Å²) in [7, 11) is 0. The average molecular weight is 362 g/mol. The number of rotatable bonds is 9. The Labute approximate surface area is 152 Å². The first-order valence-corrected chi connectivity index (χ1v) is 9.66. The van der Waals surface area contributed by atoms with Crippen molar-refractivity contribution in [3.63, 3.8) is 0 Å². The zero-order valence-corrected chi connectivity index (χ0v) is 15.4. The molecule has 4 nitrogen and oxygen atoms in total. The van der Waals surface area contributed by atoms with E-state index in [4.69, 9.17) is 4.74 Å². The van der Waals surface area contributed by atoms with Crippen LogP contribution >= 0.6 is 11.8 Å². The number of thioether (sulfide) groups is 1. The first-order chi connectivity index (χ1) is 12.1. The standard InChI is InChI=1S/C19H23FN2O2S/c1-3-24-19(23)18-17(21-9-4-10-25-2)12-15(13-22-18)11-14-5-7-16(20)8-6-14/h5-8,12-13,21H,3-4,9-11H2,1-2H3. The van der Waals surface area contributed by atoms with E-state index in [1.165, 1.54) is 12.1 Å². The normalized spacial score (nSPS) is 10.5. The Morgan fingerprint density at radius 3 is 2.72 bits per heavy atom. The number of ether oxygens (including phenoxy) is 1. The van der Waals surface area contributed by atoms with Crippen LogP contribution < -0.4 is 5.32 Å². The SMILES string of the molecule is CCOC(=O)c1ncc(Cc2ccc(F)cc2)cc1NCCCSC. The second-order valence-corrected chi connectivity index (χ2v) is 6.52. The molecule has 0 saturated carbocycles. The Balaban J connectivity index is 2.17. The zero-order chi connectivity index (χ0) is 18.1. The Kier molecular flexibility index (Phi) is 7.73. The molecule has 0 bridgehead atoms. The van der Waals surface area contributed by atoms with Crippen molar-refractivity contribution in [2.75, 3.05) is 30.5 Å². The number of pyridine rings is 1. The van der Waals surface area contributed by atoms with E-state index >= 15 is 0 Å². The van der Waals surface area contributed by atoms with Crippen molar-refractivity contribution < 1.29 is 13.9 Å². The van der Waals surface area contributed by atoms with Gasteiger partial charge in [0, 0.05) is 12.7 Å². The monoisotopic (exact) mass is 362 g/mol. The number of nitrogens with one attached hydrogen (secondary N) is 1. The van der Waals surface area contributed by atoms with Crippen LogP contribution in [0.5, 0.6) is 0 Å². The van der Waals surface area contributed by atoms with Crippen molar-refractivity contribution in [2.45, 2.75) is 19.8 Å². The van der Waals surface area contributed by atoms with Crippen LogP contribution in [0, 0.1) is 5.82 Å². The van der Waals surface area contributed by atoms with Crippen LogP contribution in [0.1, 0.15) is 35.0 Å². The lowest BCUT2D eigenvalue weighted by molar-refractivity contribution is 0.0520. The highest BCUT2D eigenvalue weighted by molar-refractivity contribution is 7.98. The summed E-state index contributed by atoms with van der Waals surface area (Å²) in [6.07, 6.45) is 5.35. The topological polar surface area (TPSA) is 51.2 Å². The van der Waals surface area contributed by atoms with Crippen LogP contribution in [0.3, 0.4) is 0 Å². The van der Waals surface area contributed by atoms with Gasteiger partial charge in [-0.15, -0.1) is 0 Å². The maximum atomic E-state index is 13.0. The summed E-state index contributed by atoms with van der Waals surface area (Å²) in [5.74, 6) is 0.364. The third-order valence-corrected chi connectivity index (χ3v) is 4.27. The third-order valence-electron chi connectivity index (χ3n) is 3.58. The quantitative estimate of drug-likeness (QED) is 0.536. The predicted molar refractivity (Wildman–Crippen MR) is 101 cm³/mol. The van der Waals surface area contributed by atoms with E-state index < -0.39 is 5.97 Å². The second kappa shape index (κ2) is 10.0. The number of halogens is 1. The van der Waals surface area contributed by atoms with Gasteiger partial charge < -0.3 is 10.1 Å². The van der Waals surface area contributed by atoms with Gasteiger partial charge in [-0.2, -0.15) is 11.8 Å². The number of hydrogen-bond acceptors (Lipinski definition) is 5. The van der Waals surface area contributed by atoms with Gasteiger partial charge in [0.05, 0.1) is 12.3 Å². The number of aromatic nitrogens is 1. The average Bonchev–Trinajstić information content (AvgIpc) is 2.61. The first-order valence-electron chi connectivity index (χ1n) is 8.27. The van der Waals surface area contributed by atoms with Crippen molar-refractivity contribution in [3.8, 4) is 0 Å². The minimum Gasteiger partial charge on any atom is -0.461 e. The van der Waals surface area contributed by atoms with Gasteiger partial charge in [-0.3, -0.25) is 0 Å². The summed E-state index contributed by atoms with van der Waals surface area (Å²) in [4.78, 5) is 16.4. The third kappa shape index (κ3) is 6.05. The Morgan fingerprint density at radius 2 is 2.04 bits per heavy atom. The lowest BCUT2D eigenvalue weighted by Crippen LogP contribution is -2.13. The van der Waals surface area contributed by atoms with E-state index in [2.05, 4.69) is 16.6 Å². The molecule has 0 unspecified atom stereocenters. The van der Waals surface area contributed by atoms with Crippen LogP contribution in [-0.4, -0.2) is 36.1 Å². The molecule has 25 heavy (non-hydrogen) atoms. The molecule has 0 aliphatic rings. The molecule has 0 fully saturated rings. The van der Waals surface area contributed by atoms with Gasteiger partial charge in [0.2, 0.25) is 0 Å². The summed E-state index contributed by atoms with van der Waals surface area (Å²) >= 11 is 1.78. The first kappa shape index (κ1) is 19.2. The summed E-state index contributed by atoms with van der Waals surface area (Å²) in [5.41, 5.74) is 2.92. The fourth-order valence-corrected chi connectivity index (χ4v) is 2.81. The number of anilines is 1. The number of carbonyl (C=O) groups is 1. The van der Waals surface area contributed by atoms with Crippen LogP contribution in [0.25, 0.3) is 0 Å². The maximum Gasteiger partial charge on any atom is 0.359 e. The van der Waals surface area contributed by atoms with Crippen LogP contribution in [-0.2, 0) is 11.2 Å². The fourth-order valence-electron chi connectivity index (χ4n) is 2.38. The lowest BCUT2D eigenvalue weighted by atomic mass is 10.1. The van der Waals surface area contributed by atoms with Crippen molar-refractivity contribution >= 4 is 23.4 Å².